The van der Waals surface area contributed by atoms with Gasteiger partial charge in [-0.3, -0.25) is 9.48 Å². The summed E-state index contributed by atoms with van der Waals surface area (Å²) in [5.74, 6) is 1.14. The summed E-state index contributed by atoms with van der Waals surface area (Å²) in [7, 11) is 1.83. The zero-order valence-electron chi connectivity index (χ0n) is 15.0. The number of para-hydroxylation sites is 1. The molecule has 1 aliphatic rings. The number of amides is 1. The number of hydrogen-bond acceptors (Lipinski definition) is 5. The van der Waals surface area contributed by atoms with Crippen molar-refractivity contribution in [2.24, 2.45) is 7.05 Å². The number of benzene rings is 1. The Morgan fingerprint density at radius 2 is 2.11 bits per heavy atom. The lowest BCUT2D eigenvalue weighted by atomic mass is 10.2. The van der Waals surface area contributed by atoms with E-state index in [1.165, 1.54) is 0 Å². The third-order valence-corrected chi connectivity index (χ3v) is 4.66. The first-order chi connectivity index (χ1) is 13.1. The fourth-order valence-electron chi connectivity index (χ4n) is 3.16. The molecule has 0 aliphatic carbocycles. The summed E-state index contributed by atoms with van der Waals surface area (Å²) in [6.07, 6.45) is 2.53. The van der Waals surface area contributed by atoms with E-state index >= 15 is 0 Å². The lowest BCUT2D eigenvalue weighted by molar-refractivity contribution is -0.134. The highest BCUT2D eigenvalue weighted by molar-refractivity contribution is 5.77. The molecule has 0 radical (unpaired) electrons. The number of imidazole rings is 1. The zero-order chi connectivity index (χ0) is 18.8. The molecule has 1 atom stereocenters. The Morgan fingerprint density at radius 1 is 1.30 bits per heavy atom. The van der Waals surface area contributed by atoms with Gasteiger partial charge in [0.2, 0.25) is 0 Å². The van der Waals surface area contributed by atoms with Crippen LogP contribution in [-0.4, -0.2) is 48.4 Å². The molecule has 0 bridgehead atoms. The third kappa shape index (κ3) is 3.56. The summed E-state index contributed by atoms with van der Waals surface area (Å²) in [6.45, 7) is 1.58. The predicted molar refractivity (Wildman–Crippen MR) is 96.9 cm³/mol. The smallest absolute Gasteiger partial charge is 0.260 e. The maximum absolute atomic E-state index is 12.5. The van der Waals surface area contributed by atoms with Crippen LogP contribution in [-0.2, 0) is 24.9 Å². The summed E-state index contributed by atoms with van der Waals surface area (Å²) in [6, 6.07) is 11.1. The number of aliphatic hydroxyl groups excluding tert-OH is 1. The molecule has 1 aromatic carbocycles. The van der Waals surface area contributed by atoms with Crippen molar-refractivity contribution < 1.29 is 14.6 Å². The predicted octanol–water partition coefficient (Wildman–Crippen LogP) is 1.12. The van der Waals surface area contributed by atoms with Gasteiger partial charge >= 0.3 is 0 Å². The van der Waals surface area contributed by atoms with Crippen LogP contribution in [0.1, 0.15) is 23.3 Å². The maximum Gasteiger partial charge on any atom is 0.260 e. The Hall–Kier alpha value is -3.13. The van der Waals surface area contributed by atoms with Gasteiger partial charge in [-0.15, -0.1) is 0 Å². The normalized spacial score (nSPS) is 14.7. The fraction of sp³-hybridized carbons (Fsp3) is 0.316. The van der Waals surface area contributed by atoms with Crippen LogP contribution in [0.4, 0.5) is 0 Å². The van der Waals surface area contributed by atoms with E-state index in [4.69, 9.17) is 4.74 Å². The summed E-state index contributed by atoms with van der Waals surface area (Å²) in [5.41, 5.74) is 1.42. The Labute approximate surface area is 156 Å². The summed E-state index contributed by atoms with van der Waals surface area (Å²) in [4.78, 5) is 18.4. The van der Waals surface area contributed by atoms with Crippen molar-refractivity contribution in [3.63, 3.8) is 0 Å². The van der Waals surface area contributed by atoms with Gasteiger partial charge in [0.05, 0.1) is 24.5 Å². The SMILES string of the molecule is Cn1ccnc1[C@@H](O)c1cc2n(n1)CCN(C(=O)COc1ccccc1)C2. The van der Waals surface area contributed by atoms with Gasteiger partial charge < -0.3 is 19.3 Å². The van der Waals surface area contributed by atoms with Crippen LogP contribution >= 0.6 is 0 Å². The first-order valence-electron chi connectivity index (χ1n) is 8.79. The van der Waals surface area contributed by atoms with E-state index in [0.29, 0.717) is 36.9 Å². The standard InChI is InChI=1S/C19H21N5O3/c1-22-8-7-20-19(22)18(26)16-11-14-12-23(9-10-24(14)21-16)17(25)13-27-15-5-3-2-4-6-15/h2-8,11,18,26H,9-10,12-13H2,1H3/t18-/m0/s1. The number of aromatic nitrogens is 4. The average Bonchev–Trinajstić information content (AvgIpc) is 3.31. The quantitative estimate of drug-likeness (QED) is 0.730. The van der Waals surface area contributed by atoms with Crippen LogP contribution in [0.25, 0.3) is 0 Å². The Balaban J connectivity index is 1.42. The molecule has 140 valence electrons. The second-order valence-corrected chi connectivity index (χ2v) is 6.50. The van der Waals surface area contributed by atoms with Gasteiger partial charge in [-0.2, -0.15) is 5.10 Å². The molecule has 2 aromatic heterocycles. The number of hydrogen-bond donors (Lipinski definition) is 1. The van der Waals surface area contributed by atoms with E-state index in [0.717, 1.165) is 5.69 Å². The monoisotopic (exact) mass is 367 g/mol. The van der Waals surface area contributed by atoms with Gasteiger partial charge in [0.25, 0.3) is 5.91 Å². The van der Waals surface area contributed by atoms with E-state index in [1.807, 2.05) is 48.1 Å². The van der Waals surface area contributed by atoms with E-state index in [2.05, 4.69) is 10.1 Å². The molecule has 8 heteroatoms. The molecule has 3 aromatic rings. The minimum Gasteiger partial charge on any atom is -0.484 e. The summed E-state index contributed by atoms with van der Waals surface area (Å²) in [5, 5.41) is 15.0. The van der Waals surface area contributed by atoms with E-state index < -0.39 is 6.10 Å². The highest BCUT2D eigenvalue weighted by atomic mass is 16.5. The molecule has 1 N–H and O–H groups in total. The topological polar surface area (TPSA) is 85.4 Å². The molecule has 1 aliphatic heterocycles. The lowest BCUT2D eigenvalue weighted by Gasteiger charge is -2.27. The Kier molecular flexibility index (Phi) is 4.64. The minimum atomic E-state index is -0.895. The average molecular weight is 367 g/mol. The second kappa shape index (κ2) is 7.24. The first kappa shape index (κ1) is 17.3. The lowest BCUT2D eigenvalue weighted by Crippen LogP contribution is -2.40. The number of aryl methyl sites for hydroxylation is 1. The molecule has 1 amide bonds. The maximum atomic E-state index is 12.5. The van der Waals surface area contributed by atoms with E-state index in [-0.39, 0.29) is 12.5 Å². The summed E-state index contributed by atoms with van der Waals surface area (Å²) < 4.78 is 9.15. The number of carbonyl (C=O) groups excluding carboxylic acids is 1. The molecule has 0 saturated heterocycles. The second-order valence-electron chi connectivity index (χ2n) is 6.50. The van der Waals surface area contributed by atoms with E-state index in [9.17, 15) is 9.90 Å². The molecule has 0 unspecified atom stereocenters. The molecule has 0 saturated carbocycles. The van der Waals surface area contributed by atoms with Crippen LogP contribution in [0.5, 0.6) is 5.75 Å². The van der Waals surface area contributed by atoms with Crippen molar-refractivity contribution >= 4 is 5.91 Å². The third-order valence-electron chi connectivity index (χ3n) is 4.66. The minimum absolute atomic E-state index is 0.000896. The number of rotatable bonds is 5. The number of fused-ring (bicyclic) bond motifs is 1. The van der Waals surface area contributed by atoms with Crippen LogP contribution in [0.3, 0.4) is 0 Å². The molecule has 3 heterocycles. The van der Waals surface area contributed by atoms with Crippen LogP contribution < -0.4 is 4.74 Å². The molecule has 0 fully saturated rings. The van der Waals surface area contributed by atoms with Crippen molar-refractivity contribution in [1.29, 1.82) is 0 Å². The molecule has 0 spiro atoms. The van der Waals surface area contributed by atoms with Gasteiger partial charge in [-0.05, 0) is 18.2 Å². The molecular weight excluding hydrogens is 346 g/mol. The highest BCUT2D eigenvalue weighted by Crippen LogP contribution is 2.22. The Bertz CT molecular complexity index is 934. The van der Waals surface area contributed by atoms with Crippen LogP contribution in [0.2, 0.25) is 0 Å². The van der Waals surface area contributed by atoms with Crippen molar-refractivity contribution in [1.82, 2.24) is 24.2 Å². The Morgan fingerprint density at radius 3 is 2.85 bits per heavy atom. The number of carbonyl (C=O) groups is 1. The van der Waals surface area contributed by atoms with Crippen molar-refractivity contribution in [3.05, 3.63) is 66.0 Å². The van der Waals surface area contributed by atoms with Gasteiger partial charge in [-0.1, -0.05) is 18.2 Å². The fourth-order valence-corrected chi connectivity index (χ4v) is 3.16. The van der Waals surface area contributed by atoms with Gasteiger partial charge in [0.15, 0.2) is 12.7 Å². The van der Waals surface area contributed by atoms with Crippen LogP contribution in [0, 0.1) is 0 Å². The number of nitrogens with zero attached hydrogens (tertiary/aromatic N) is 5. The van der Waals surface area contributed by atoms with Crippen molar-refractivity contribution in [2.45, 2.75) is 19.2 Å². The van der Waals surface area contributed by atoms with Gasteiger partial charge in [-0.25, -0.2) is 4.98 Å². The van der Waals surface area contributed by atoms with E-state index in [1.54, 1.807) is 21.9 Å². The van der Waals surface area contributed by atoms with Gasteiger partial charge in [0.1, 0.15) is 11.6 Å². The zero-order valence-corrected chi connectivity index (χ0v) is 15.0. The number of ether oxygens (including phenoxy) is 1. The van der Waals surface area contributed by atoms with Crippen molar-refractivity contribution in [2.75, 3.05) is 13.2 Å². The largest absolute Gasteiger partial charge is 0.484 e. The molecule has 27 heavy (non-hydrogen) atoms. The van der Waals surface area contributed by atoms with Crippen LogP contribution in [0.15, 0.2) is 48.8 Å². The number of aliphatic hydroxyl groups is 1. The van der Waals surface area contributed by atoms with Crippen molar-refractivity contribution in [3.8, 4) is 5.75 Å². The molecular formula is C19H21N5O3. The molecule has 4 rings (SSSR count). The molecule has 8 nitrogen and oxygen atoms in total. The summed E-state index contributed by atoms with van der Waals surface area (Å²) >= 11 is 0. The first-order valence-corrected chi connectivity index (χ1v) is 8.79. The highest BCUT2D eigenvalue weighted by Gasteiger charge is 2.25. The van der Waals surface area contributed by atoms with Gasteiger partial charge in [0, 0.05) is 26.0 Å².